The summed E-state index contributed by atoms with van der Waals surface area (Å²) in [5.41, 5.74) is 4.87. The number of carbonyl (C=O) groups excluding carboxylic acids is 2. The predicted molar refractivity (Wildman–Crippen MR) is 148 cm³/mol. The van der Waals surface area contributed by atoms with E-state index < -0.39 is 0 Å². The Hall–Kier alpha value is -3.66. The van der Waals surface area contributed by atoms with Gasteiger partial charge >= 0.3 is 0 Å². The molecule has 7 nitrogen and oxygen atoms in total. The van der Waals surface area contributed by atoms with Crippen LogP contribution in [0.25, 0.3) is 11.0 Å². The molecular formula is C31H38N4O3. The van der Waals surface area contributed by atoms with Gasteiger partial charge < -0.3 is 14.2 Å². The van der Waals surface area contributed by atoms with E-state index in [1.54, 1.807) is 24.4 Å². The van der Waals surface area contributed by atoms with Gasteiger partial charge in [0.2, 0.25) is 5.91 Å². The van der Waals surface area contributed by atoms with Gasteiger partial charge in [0.1, 0.15) is 17.5 Å². The number of ether oxygens (including phenoxy) is 1. The lowest BCUT2D eigenvalue weighted by Gasteiger charge is -2.37. The highest BCUT2D eigenvalue weighted by atomic mass is 16.5. The fourth-order valence-corrected chi connectivity index (χ4v) is 5.36. The number of rotatable bonds is 6. The number of carbonyl (C=O) groups is 2. The molecule has 1 amide bonds. The average molecular weight is 515 g/mol. The van der Waals surface area contributed by atoms with Crippen LogP contribution >= 0.6 is 0 Å². The van der Waals surface area contributed by atoms with Crippen molar-refractivity contribution in [1.29, 1.82) is 5.26 Å². The Morgan fingerprint density at radius 1 is 1.24 bits per heavy atom. The Morgan fingerprint density at radius 3 is 2.53 bits per heavy atom. The molecule has 3 heterocycles. The number of likely N-dealkylation sites (tertiary alicyclic amines) is 1. The molecule has 1 aromatic carbocycles. The summed E-state index contributed by atoms with van der Waals surface area (Å²) >= 11 is 0. The molecule has 1 aliphatic rings. The summed E-state index contributed by atoms with van der Waals surface area (Å²) in [6, 6.07) is 7.05. The molecule has 0 bridgehead atoms. The first kappa shape index (κ1) is 27.4. The number of benzene rings is 1. The first-order valence-electron chi connectivity index (χ1n) is 13.3. The van der Waals surface area contributed by atoms with Gasteiger partial charge in [-0.15, -0.1) is 0 Å². The molecule has 1 saturated heterocycles. The Balaban J connectivity index is 1.57. The minimum Gasteiger partial charge on any atom is -0.495 e. The molecule has 4 rings (SSSR count). The molecule has 1 fully saturated rings. The van der Waals surface area contributed by atoms with E-state index in [1.807, 2.05) is 18.9 Å². The van der Waals surface area contributed by atoms with Crippen molar-refractivity contribution in [2.75, 3.05) is 20.2 Å². The molecule has 7 heteroatoms. The number of aryl methyl sites for hydroxylation is 2. The minimum atomic E-state index is -0.0642. The first-order valence-corrected chi connectivity index (χ1v) is 13.3. The van der Waals surface area contributed by atoms with Crippen LogP contribution in [0.2, 0.25) is 0 Å². The van der Waals surface area contributed by atoms with Crippen molar-refractivity contribution in [3.63, 3.8) is 0 Å². The molecule has 0 spiro atoms. The number of hydrogen-bond acceptors (Lipinski definition) is 5. The number of hydrogen-bond donors (Lipinski definition) is 0. The van der Waals surface area contributed by atoms with E-state index in [-0.39, 0.29) is 29.4 Å². The zero-order valence-corrected chi connectivity index (χ0v) is 23.6. The Bertz CT molecular complexity index is 1420. The average Bonchev–Trinajstić information content (AvgIpc) is 3.25. The monoisotopic (exact) mass is 514 g/mol. The Morgan fingerprint density at radius 2 is 1.92 bits per heavy atom. The van der Waals surface area contributed by atoms with E-state index in [2.05, 4.69) is 44.5 Å². The van der Waals surface area contributed by atoms with Crippen molar-refractivity contribution in [2.45, 2.75) is 59.8 Å². The maximum Gasteiger partial charge on any atom is 0.225 e. The molecule has 1 atom stereocenters. The van der Waals surface area contributed by atoms with Crippen LogP contribution < -0.4 is 4.74 Å². The molecule has 0 saturated carbocycles. The quantitative estimate of drug-likeness (QED) is 0.401. The largest absolute Gasteiger partial charge is 0.495 e. The molecule has 0 aliphatic carbocycles. The van der Waals surface area contributed by atoms with Crippen molar-refractivity contribution in [3.05, 3.63) is 58.4 Å². The van der Waals surface area contributed by atoms with Crippen LogP contribution in [0.4, 0.5) is 0 Å². The Kier molecular flexibility index (Phi) is 7.64. The smallest absolute Gasteiger partial charge is 0.225 e. The van der Waals surface area contributed by atoms with E-state index in [9.17, 15) is 14.9 Å². The number of aromatic nitrogens is 2. The second-order valence-electron chi connectivity index (χ2n) is 11.6. The van der Waals surface area contributed by atoms with Crippen molar-refractivity contribution in [1.82, 2.24) is 14.5 Å². The summed E-state index contributed by atoms with van der Waals surface area (Å²) in [5, 5.41) is 10.5. The number of ketones is 1. The third kappa shape index (κ3) is 5.18. The third-order valence-electron chi connectivity index (χ3n) is 8.29. The van der Waals surface area contributed by atoms with Crippen LogP contribution in [0.1, 0.15) is 79.1 Å². The van der Waals surface area contributed by atoms with E-state index in [0.29, 0.717) is 22.8 Å². The summed E-state index contributed by atoms with van der Waals surface area (Å²) in [6.45, 7) is 12.0. The number of methoxy groups -OCH3 is 1. The molecule has 1 aliphatic heterocycles. The highest BCUT2D eigenvalue weighted by Crippen LogP contribution is 2.37. The highest BCUT2D eigenvalue weighted by Gasteiger charge is 2.33. The highest BCUT2D eigenvalue weighted by molar-refractivity contribution is 5.99. The first-order chi connectivity index (χ1) is 18.0. The van der Waals surface area contributed by atoms with Crippen molar-refractivity contribution in [2.24, 2.45) is 18.4 Å². The summed E-state index contributed by atoms with van der Waals surface area (Å²) < 4.78 is 7.27. The van der Waals surface area contributed by atoms with Crippen molar-refractivity contribution >= 4 is 22.7 Å². The van der Waals surface area contributed by atoms with Gasteiger partial charge in [0.25, 0.3) is 0 Å². The van der Waals surface area contributed by atoms with E-state index >= 15 is 0 Å². The van der Waals surface area contributed by atoms with Gasteiger partial charge in [0, 0.05) is 55.8 Å². The van der Waals surface area contributed by atoms with E-state index in [4.69, 9.17) is 9.72 Å². The van der Waals surface area contributed by atoms with Gasteiger partial charge in [-0.05, 0) is 66.0 Å². The molecule has 0 unspecified atom stereocenters. The fraction of sp³-hybridized carbons (Fsp3) is 0.484. The van der Waals surface area contributed by atoms with Crippen LogP contribution in [0.3, 0.4) is 0 Å². The predicted octanol–water partition coefficient (Wildman–Crippen LogP) is 5.58. The normalized spacial score (nSPS) is 15.4. The lowest BCUT2D eigenvalue weighted by Crippen LogP contribution is -2.43. The third-order valence-corrected chi connectivity index (χ3v) is 8.29. The molecule has 200 valence electrons. The summed E-state index contributed by atoms with van der Waals surface area (Å²) in [5.74, 6) is 0.950. The van der Waals surface area contributed by atoms with Gasteiger partial charge in [0.15, 0.2) is 5.78 Å². The molecule has 38 heavy (non-hydrogen) atoms. The topological polar surface area (TPSA) is 88.2 Å². The van der Waals surface area contributed by atoms with Gasteiger partial charge in [-0.25, -0.2) is 4.98 Å². The van der Waals surface area contributed by atoms with E-state index in [1.165, 1.54) is 12.7 Å². The fourth-order valence-electron chi connectivity index (χ4n) is 5.36. The number of piperidine rings is 1. The number of nitrogens with zero attached hydrogens (tertiary/aromatic N) is 4. The maximum atomic E-state index is 13.2. The summed E-state index contributed by atoms with van der Waals surface area (Å²) in [4.78, 5) is 33.0. The summed E-state index contributed by atoms with van der Waals surface area (Å²) in [6.07, 6.45) is 5.99. The van der Waals surface area contributed by atoms with Gasteiger partial charge in [-0.1, -0.05) is 27.7 Å². The summed E-state index contributed by atoms with van der Waals surface area (Å²) in [7, 11) is 3.51. The molecule has 3 aromatic rings. The number of pyridine rings is 1. The number of amides is 1. The van der Waals surface area contributed by atoms with Gasteiger partial charge in [-0.3, -0.25) is 9.59 Å². The second kappa shape index (κ2) is 10.6. The van der Waals surface area contributed by atoms with E-state index in [0.717, 1.165) is 48.1 Å². The maximum absolute atomic E-state index is 13.2. The molecule has 0 radical (unpaired) electrons. The van der Waals surface area contributed by atoms with Gasteiger partial charge in [0.05, 0.1) is 12.7 Å². The van der Waals surface area contributed by atoms with Crippen molar-refractivity contribution in [3.8, 4) is 11.8 Å². The number of Topliss-reactive ketones (excluding diaryl/α,β-unsaturated/α-hetero) is 1. The minimum absolute atomic E-state index is 0.0157. The van der Waals surface area contributed by atoms with Crippen molar-refractivity contribution < 1.29 is 14.3 Å². The van der Waals surface area contributed by atoms with Crippen LogP contribution in [0.5, 0.6) is 5.75 Å². The second-order valence-corrected chi connectivity index (χ2v) is 11.6. The van der Waals surface area contributed by atoms with Crippen LogP contribution in [-0.4, -0.2) is 46.3 Å². The molecule has 2 aromatic heterocycles. The lowest BCUT2D eigenvalue weighted by molar-refractivity contribution is -0.139. The number of fused-ring (bicyclic) bond motifs is 1. The van der Waals surface area contributed by atoms with Crippen LogP contribution in [0.15, 0.2) is 30.6 Å². The zero-order chi connectivity index (χ0) is 27.8. The number of nitriles is 1. The van der Waals surface area contributed by atoms with Crippen LogP contribution in [-0.2, 0) is 18.3 Å². The molecular weight excluding hydrogens is 476 g/mol. The van der Waals surface area contributed by atoms with Crippen LogP contribution in [0, 0.1) is 29.6 Å². The Labute approximate surface area is 225 Å². The SMILES string of the molecule is COc1ccc(C(=O)Cc2cnc3c(c(C4CCN(C(=O)[C@H](C)C(C)(C)C)CC4)cn3C)c2C)cc1C#N. The lowest BCUT2D eigenvalue weighted by atomic mass is 9.80. The molecule has 0 N–H and O–H groups in total. The van der Waals surface area contributed by atoms with Gasteiger partial charge in [-0.2, -0.15) is 5.26 Å². The standard InChI is InChI=1S/C31H38N4O3/c1-19-24(15-26(36)22-8-9-27(38-7)23(14-22)16-32)17-33-29-28(19)25(18-34(29)6)21-10-12-35(13-11-21)30(37)20(2)31(3,4)5/h8-9,14,17-18,20-21H,10-13,15H2,1-7H3/t20-/m0/s1. The zero-order valence-electron chi connectivity index (χ0n) is 23.6.